The van der Waals surface area contributed by atoms with Gasteiger partial charge in [-0.1, -0.05) is 11.3 Å². The third kappa shape index (κ3) is 3.85. The van der Waals surface area contributed by atoms with Crippen molar-refractivity contribution in [1.82, 2.24) is 9.97 Å². The molecule has 0 aliphatic carbocycles. The number of hydrogen-bond donors (Lipinski definition) is 0. The standard InChI is InChI=1S/C14H15N3O3S/c1-17(11(18)5-6-13(19)20-2)12-9-16-14(21-12)10-4-3-7-15-8-10/h3-4,7-9H,5-6H2,1-2H3. The van der Waals surface area contributed by atoms with E-state index < -0.39 is 5.97 Å². The van der Waals surface area contributed by atoms with Crippen LogP contribution in [-0.2, 0) is 14.3 Å². The van der Waals surface area contributed by atoms with E-state index in [0.29, 0.717) is 0 Å². The summed E-state index contributed by atoms with van der Waals surface area (Å²) in [5, 5.41) is 1.52. The molecule has 21 heavy (non-hydrogen) atoms. The van der Waals surface area contributed by atoms with Crippen LogP contribution in [0.15, 0.2) is 30.7 Å². The van der Waals surface area contributed by atoms with Crippen molar-refractivity contribution >= 4 is 28.2 Å². The Hall–Kier alpha value is -2.28. The van der Waals surface area contributed by atoms with Crippen LogP contribution in [0, 0.1) is 0 Å². The van der Waals surface area contributed by atoms with Gasteiger partial charge in [-0.2, -0.15) is 0 Å². The van der Waals surface area contributed by atoms with Crippen LogP contribution in [0.5, 0.6) is 0 Å². The molecule has 6 nitrogen and oxygen atoms in total. The minimum Gasteiger partial charge on any atom is -0.469 e. The summed E-state index contributed by atoms with van der Waals surface area (Å²) in [5.74, 6) is -0.543. The van der Waals surface area contributed by atoms with Gasteiger partial charge in [-0.15, -0.1) is 0 Å². The molecule has 0 atom stereocenters. The zero-order chi connectivity index (χ0) is 15.2. The molecule has 0 saturated carbocycles. The maximum atomic E-state index is 12.0. The Kier molecular flexibility index (Phi) is 4.99. The van der Waals surface area contributed by atoms with Crippen LogP contribution in [0.4, 0.5) is 5.00 Å². The molecule has 2 heterocycles. The van der Waals surface area contributed by atoms with Gasteiger partial charge in [0.15, 0.2) is 0 Å². The van der Waals surface area contributed by atoms with Gasteiger partial charge in [0, 0.05) is 31.4 Å². The fourth-order valence-corrected chi connectivity index (χ4v) is 2.53. The van der Waals surface area contributed by atoms with E-state index in [4.69, 9.17) is 0 Å². The highest BCUT2D eigenvalue weighted by Gasteiger charge is 2.16. The molecular formula is C14H15N3O3S. The first-order valence-corrected chi connectivity index (χ1v) is 7.13. The quantitative estimate of drug-likeness (QED) is 0.791. The summed E-state index contributed by atoms with van der Waals surface area (Å²) < 4.78 is 4.52. The van der Waals surface area contributed by atoms with Gasteiger partial charge in [0.2, 0.25) is 5.91 Å². The molecule has 0 unspecified atom stereocenters. The van der Waals surface area contributed by atoms with Crippen LogP contribution < -0.4 is 4.90 Å². The van der Waals surface area contributed by atoms with Crippen molar-refractivity contribution < 1.29 is 14.3 Å². The molecule has 0 bridgehead atoms. The van der Waals surface area contributed by atoms with E-state index in [1.54, 1.807) is 25.6 Å². The molecule has 0 spiro atoms. The summed E-state index contributed by atoms with van der Waals surface area (Å²) >= 11 is 1.40. The van der Waals surface area contributed by atoms with Gasteiger partial charge < -0.3 is 9.64 Å². The Balaban J connectivity index is 2.03. The first-order chi connectivity index (χ1) is 10.1. The van der Waals surface area contributed by atoms with Crippen LogP contribution in [0.25, 0.3) is 10.6 Å². The molecule has 0 aliphatic heterocycles. The number of thiazole rings is 1. The van der Waals surface area contributed by atoms with Crippen LogP contribution in [0.2, 0.25) is 0 Å². The lowest BCUT2D eigenvalue weighted by Gasteiger charge is -2.13. The Morgan fingerprint density at radius 3 is 2.81 bits per heavy atom. The largest absolute Gasteiger partial charge is 0.469 e. The van der Waals surface area contributed by atoms with Crippen molar-refractivity contribution in [3.63, 3.8) is 0 Å². The van der Waals surface area contributed by atoms with Crippen molar-refractivity contribution in [2.75, 3.05) is 19.1 Å². The lowest BCUT2D eigenvalue weighted by atomic mass is 10.3. The first-order valence-electron chi connectivity index (χ1n) is 6.31. The zero-order valence-corrected chi connectivity index (χ0v) is 12.6. The summed E-state index contributed by atoms with van der Waals surface area (Å²) in [7, 11) is 2.97. The van der Waals surface area contributed by atoms with E-state index >= 15 is 0 Å². The monoisotopic (exact) mass is 305 g/mol. The van der Waals surface area contributed by atoms with Gasteiger partial charge in [0.1, 0.15) is 10.0 Å². The number of carbonyl (C=O) groups is 2. The van der Waals surface area contributed by atoms with Crippen molar-refractivity contribution in [3.8, 4) is 10.6 Å². The van der Waals surface area contributed by atoms with Gasteiger partial charge in [-0.3, -0.25) is 14.6 Å². The summed E-state index contributed by atoms with van der Waals surface area (Å²) in [4.78, 5) is 32.9. The summed E-state index contributed by atoms with van der Waals surface area (Å²) in [6, 6.07) is 3.75. The molecule has 2 aromatic heterocycles. The highest BCUT2D eigenvalue weighted by Crippen LogP contribution is 2.30. The van der Waals surface area contributed by atoms with E-state index in [2.05, 4.69) is 14.7 Å². The minimum atomic E-state index is -0.392. The number of aromatic nitrogens is 2. The highest BCUT2D eigenvalue weighted by molar-refractivity contribution is 7.19. The fourth-order valence-electron chi connectivity index (χ4n) is 1.65. The molecule has 0 saturated heterocycles. The number of hydrogen-bond acceptors (Lipinski definition) is 6. The Bertz CT molecular complexity index is 627. The fraction of sp³-hybridized carbons (Fsp3) is 0.286. The van der Waals surface area contributed by atoms with E-state index in [1.807, 2.05) is 12.1 Å². The lowest BCUT2D eigenvalue weighted by molar-refractivity contribution is -0.141. The summed E-state index contributed by atoms with van der Waals surface area (Å²) in [6.07, 6.45) is 5.25. The Labute approximate surface area is 126 Å². The molecule has 0 aliphatic rings. The summed E-state index contributed by atoms with van der Waals surface area (Å²) in [6.45, 7) is 0. The van der Waals surface area contributed by atoms with Crippen LogP contribution in [-0.4, -0.2) is 36.0 Å². The number of esters is 1. The zero-order valence-electron chi connectivity index (χ0n) is 11.8. The Morgan fingerprint density at radius 2 is 2.14 bits per heavy atom. The molecule has 2 aromatic rings. The highest BCUT2D eigenvalue weighted by atomic mass is 32.1. The Morgan fingerprint density at radius 1 is 1.33 bits per heavy atom. The topological polar surface area (TPSA) is 72.4 Å². The van der Waals surface area contributed by atoms with E-state index in [1.165, 1.54) is 23.3 Å². The number of methoxy groups -OCH3 is 1. The molecule has 0 radical (unpaired) electrons. The number of rotatable bonds is 5. The first kappa shape index (κ1) is 15.1. The van der Waals surface area contributed by atoms with Crippen LogP contribution in [0.3, 0.4) is 0 Å². The maximum Gasteiger partial charge on any atom is 0.306 e. The van der Waals surface area contributed by atoms with Gasteiger partial charge in [0.25, 0.3) is 0 Å². The molecule has 0 fully saturated rings. The van der Waals surface area contributed by atoms with Gasteiger partial charge in [-0.05, 0) is 12.1 Å². The van der Waals surface area contributed by atoms with Crippen molar-refractivity contribution in [1.29, 1.82) is 0 Å². The number of ether oxygens (including phenoxy) is 1. The second kappa shape index (κ2) is 6.94. The number of amides is 1. The van der Waals surface area contributed by atoms with Gasteiger partial charge >= 0.3 is 5.97 Å². The van der Waals surface area contributed by atoms with E-state index in [0.717, 1.165) is 15.6 Å². The molecule has 0 N–H and O–H groups in total. The number of nitrogens with zero attached hydrogens (tertiary/aromatic N) is 3. The third-order valence-electron chi connectivity index (χ3n) is 2.88. The lowest BCUT2D eigenvalue weighted by Crippen LogP contribution is -2.25. The number of carbonyl (C=O) groups excluding carboxylic acids is 2. The van der Waals surface area contributed by atoms with Crippen LogP contribution in [0.1, 0.15) is 12.8 Å². The second-order valence-corrected chi connectivity index (χ2v) is 5.28. The number of pyridine rings is 1. The number of anilines is 1. The SMILES string of the molecule is COC(=O)CCC(=O)N(C)c1cnc(-c2cccnc2)s1. The normalized spacial score (nSPS) is 10.2. The average Bonchev–Trinajstić information content (AvgIpc) is 3.02. The second-order valence-electron chi connectivity index (χ2n) is 4.27. The molecule has 2 rings (SSSR count). The maximum absolute atomic E-state index is 12.0. The van der Waals surface area contributed by atoms with Gasteiger partial charge in [-0.25, -0.2) is 4.98 Å². The smallest absolute Gasteiger partial charge is 0.306 e. The van der Waals surface area contributed by atoms with Crippen molar-refractivity contribution in [2.45, 2.75) is 12.8 Å². The van der Waals surface area contributed by atoms with Gasteiger partial charge in [0.05, 0.1) is 19.7 Å². The van der Waals surface area contributed by atoms with E-state index in [-0.39, 0.29) is 18.7 Å². The van der Waals surface area contributed by atoms with E-state index in [9.17, 15) is 9.59 Å². The molecule has 110 valence electrons. The minimum absolute atomic E-state index is 0.0773. The third-order valence-corrected chi connectivity index (χ3v) is 4.00. The predicted octanol–water partition coefficient (Wildman–Crippen LogP) is 2.12. The molecule has 0 aromatic carbocycles. The van der Waals surface area contributed by atoms with Crippen molar-refractivity contribution in [2.24, 2.45) is 0 Å². The summed E-state index contributed by atoms with van der Waals surface area (Å²) in [5.41, 5.74) is 0.907. The molecular weight excluding hydrogens is 290 g/mol. The molecule has 7 heteroatoms. The molecule has 1 amide bonds. The predicted molar refractivity (Wildman–Crippen MR) is 80.0 cm³/mol. The van der Waals surface area contributed by atoms with Crippen LogP contribution >= 0.6 is 11.3 Å². The average molecular weight is 305 g/mol. The van der Waals surface area contributed by atoms with Crippen molar-refractivity contribution in [3.05, 3.63) is 30.7 Å².